The number of carbonyl (C=O) groups is 1. The van der Waals surface area contributed by atoms with Crippen molar-refractivity contribution in [3.63, 3.8) is 0 Å². The van der Waals surface area contributed by atoms with Crippen LogP contribution in [0.25, 0.3) is 0 Å². The zero-order chi connectivity index (χ0) is 23.1. The number of halogens is 1. The molecule has 0 unspecified atom stereocenters. The molecule has 35 heavy (non-hydrogen) atoms. The Bertz CT molecular complexity index is 1120. The molecule has 6 nitrogen and oxygen atoms in total. The fourth-order valence-electron chi connectivity index (χ4n) is 7.87. The van der Waals surface area contributed by atoms with E-state index in [1.807, 2.05) is 24.1 Å². The summed E-state index contributed by atoms with van der Waals surface area (Å²) in [5.74, 6) is 2.68. The summed E-state index contributed by atoms with van der Waals surface area (Å²) in [7, 11) is 1.92. The van der Waals surface area contributed by atoms with Gasteiger partial charge in [0.2, 0.25) is 5.91 Å². The minimum atomic E-state index is -0.807. The van der Waals surface area contributed by atoms with Crippen LogP contribution >= 0.6 is 12.4 Å². The lowest BCUT2D eigenvalue weighted by Crippen LogP contribution is -2.78. The number of aryl methyl sites for hydroxylation is 1. The topological polar surface area (TPSA) is 66.2 Å². The summed E-state index contributed by atoms with van der Waals surface area (Å²) in [5, 5.41) is 12.5. The molecule has 5 atom stereocenters. The molecule has 2 aliphatic heterocycles. The molecular formula is C28H35ClN2O4. The van der Waals surface area contributed by atoms with Gasteiger partial charge in [-0.15, -0.1) is 12.4 Å². The number of rotatable bonds is 6. The number of hydrogen-bond donors (Lipinski definition) is 1. The van der Waals surface area contributed by atoms with Crippen LogP contribution in [0.15, 0.2) is 41.0 Å². The van der Waals surface area contributed by atoms with Crippen LogP contribution in [0.2, 0.25) is 0 Å². The van der Waals surface area contributed by atoms with Gasteiger partial charge in [0.15, 0.2) is 0 Å². The van der Waals surface area contributed by atoms with Crippen molar-refractivity contribution in [1.29, 1.82) is 0 Å². The average molecular weight is 499 g/mol. The minimum absolute atomic E-state index is 0. The highest BCUT2D eigenvalue weighted by Gasteiger charge is 2.73. The van der Waals surface area contributed by atoms with Gasteiger partial charge in [-0.25, -0.2) is 0 Å². The van der Waals surface area contributed by atoms with Gasteiger partial charge in [-0.1, -0.05) is 12.1 Å². The van der Waals surface area contributed by atoms with E-state index in [1.54, 1.807) is 6.26 Å². The van der Waals surface area contributed by atoms with E-state index in [0.717, 1.165) is 49.8 Å². The maximum Gasteiger partial charge on any atom is 0.223 e. The van der Waals surface area contributed by atoms with E-state index < -0.39 is 11.0 Å². The van der Waals surface area contributed by atoms with E-state index in [4.69, 9.17) is 9.15 Å². The molecule has 1 N–H and O–H groups in total. The van der Waals surface area contributed by atoms with E-state index in [2.05, 4.69) is 23.1 Å². The van der Waals surface area contributed by atoms with Crippen molar-refractivity contribution in [3.8, 4) is 5.75 Å². The predicted octanol–water partition coefficient (Wildman–Crippen LogP) is 3.73. The molecule has 3 fully saturated rings. The molecule has 2 saturated carbocycles. The quantitative estimate of drug-likeness (QED) is 0.657. The molecule has 5 aliphatic rings. The summed E-state index contributed by atoms with van der Waals surface area (Å²) < 4.78 is 12.1. The maximum atomic E-state index is 13.3. The first-order valence-electron chi connectivity index (χ1n) is 13.0. The molecular weight excluding hydrogens is 464 g/mol. The molecule has 7 rings (SSSR count). The van der Waals surface area contributed by atoms with E-state index in [1.165, 1.54) is 24.0 Å². The van der Waals surface area contributed by atoms with Crippen LogP contribution in [0.4, 0.5) is 0 Å². The first-order valence-corrected chi connectivity index (χ1v) is 13.0. The molecule has 1 spiro atoms. The van der Waals surface area contributed by atoms with Crippen LogP contribution in [-0.4, -0.2) is 64.7 Å². The molecule has 2 aromatic rings. The predicted molar refractivity (Wildman–Crippen MR) is 134 cm³/mol. The summed E-state index contributed by atoms with van der Waals surface area (Å²) in [4.78, 5) is 17.8. The van der Waals surface area contributed by atoms with Crippen molar-refractivity contribution >= 4 is 18.3 Å². The molecule has 1 aromatic heterocycles. The number of furan rings is 1. The number of carbonyl (C=O) groups excluding carboxylic acids is 1. The van der Waals surface area contributed by atoms with Gasteiger partial charge >= 0.3 is 0 Å². The highest BCUT2D eigenvalue weighted by atomic mass is 35.5. The van der Waals surface area contributed by atoms with Crippen molar-refractivity contribution in [3.05, 3.63) is 53.5 Å². The molecule has 1 saturated heterocycles. The zero-order valence-electron chi connectivity index (χ0n) is 20.3. The summed E-state index contributed by atoms with van der Waals surface area (Å²) in [5.41, 5.74) is 1.34. The number of aliphatic hydroxyl groups is 1. The first-order chi connectivity index (χ1) is 16.5. The van der Waals surface area contributed by atoms with E-state index >= 15 is 0 Å². The van der Waals surface area contributed by atoms with Gasteiger partial charge in [0.1, 0.15) is 17.6 Å². The van der Waals surface area contributed by atoms with Crippen molar-refractivity contribution in [2.75, 3.05) is 20.1 Å². The van der Waals surface area contributed by atoms with Crippen LogP contribution in [0, 0.1) is 5.92 Å². The van der Waals surface area contributed by atoms with Gasteiger partial charge in [0.05, 0.1) is 23.3 Å². The number of likely N-dealkylation sites (tertiary alicyclic amines) is 1. The van der Waals surface area contributed by atoms with Crippen LogP contribution in [0.5, 0.6) is 5.75 Å². The van der Waals surface area contributed by atoms with Crippen molar-refractivity contribution in [2.45, 2.75) is 80.6 Å². The third-order valence-corrected chi connectivity index (χ3v) is 9.69. The monoisotopic (exact) mass is 498 g/mol. The molecule has 2 bridgehead atoms. The summed E-state index contributed by atoms with van der Waals surface area (Å²) in [6.45, 7) is 2.11. The van der Waals surface area contributed by atoms with Crippen molar-refractivity contribution in [2.24, 2.45) is 5.92 Å². The van der Waals surface area contributed by atoms with Gasteiger partial charge in [-0.3, -0.25) is 9.69 Å². The van der Waals surface area contributed by atoms with E-state index in [9.17, 15) is 9.90 Å². The lowest BCUT2D eigenvalue weighted by molar-refractivity contribution is -0.200. The Morgan fingerprint density at radius 1 is 1.20 bits per heavy atom. The Kier molecular flexibility index (Phi) is 5.51. The van der Waals surface area contributed by atoms with Crippen molar-refractivity contribution < 1.29 is 19.1 Å². The van der Waals surface area contributed by atoms with Crippen molar-refractivity contribution in [1.82, 2.24) is 9.80 Å². The third-order valence-electron chi connectivity index (χ3n) is 9.69. The zero-order valence-corrected chi connectivity index (χ0v) is 21.1. The lowest BCUT2D eigenvalue weighted by Gasteiger charge is -2.64. The largest absolute Gasteiger partial charge is 0.487 e. The number of amides is 1. The molecule has 7 heteroatoms. The Balaban J connectivity index is 0.00000229. The number of nitrogens with zero attached hydrogens (tertiary/aromatic N) is 2. The summed E-state index contributed by atoms with van der Waals surface area (Å²) in [6, 6.07) is 10.3. The second-order valence-corrected chi connectivity index (χ2v) is 11.3. The Morgan fingerprint density at radius 2 is 2.06 bits per heavy atom. The minimum Gasteiger partial charge on any atom is -0.487 e. The fraction of sp³-hybridized carbons (Fsp3) is 0.607. The number of benzene rings is 1. The van der Waals surface area contributed by atoms with Crippen LogP contribution in [0.3, 0.4) is 0 Å². The molecule has 188 valence electrons. The Labute approximate surface area is 213 Å². The highest BCUT2D eigenvalue weighted by molar-refractivity contribution is 5.85. The molecule has 1 amide bonds. The van der Waals surface area contributed by atoms with Gasteiger partial charge in [-0.2, -0.15) is 0 Å². The van der Waals surface area contributed by atoms with Gasteiger partial charge in [-0.05, 0) is 74.8 Å². The smallest absolute Gasteiger partial charge is 0.223 e. The standard InChI is InChI=1S/C28H34N2O4.ClH/c1-29(24(31)10-9-20-5-3-15-33-20)21-11-12-28(32)23-16-19-4-2-6-22-25(19)27(28,26(21)34-22)13-14-30(23)17-18-7-8-18;/h2-6,15,18,21,23,26,32H,7-14,16-17H2,1H3;1H/t21-,23-,26+,27+,28-;/m1./s1. The average Bonchev–Trinajstić information content (AvgIpc) is 3.35. The van der Waals surface area contributed by atoms with E-state index in [-0.39, 0.29) is 36.5 Å². The molecule has 3 aliphatic carbocycles. The molecule has 3 heterocycles. The SMILES string of the molecule is CN(C(=O)CCc1ccco1)[C@@H]1CC[C@@]2(O)[C@H]3Cc4cccc5c4[C@@]2(CCN3CC2CC2)[C@H]1O5.Cl. The van der Waals surface area contributed by atoms with Gasteiger partial charge in [0.25, 0.3) is 0 Å². The molecule has 1 aromatic carbocycles. The van der Waals surface area contributed by atoms with Gasteiger partial charge < -0.3 is 19.2 Å². The van der Waals surface area contributed by atoms with Crippen LogP contribution < -0.4 is 4.74 Å². The first kappa shape index (κ1) is 23.4. The molecule has 0 radical (unpaired) electrons. The highest BCUT2D eigenvalue weighted by Crippen LogP contribution is 2.64. The second-order valence-electron chi connectivity index (χ2n) is 11.3. The number of likely N-dealkylation sites (N-methyl/N-ethyl adjacent to an activating group) is 1. The Hall–Kier alpha value is -2.02. The van der Waals surface area contributed by atoms with E-state index in [0.29, 0.717) is 19.3 Å². The Morgan fingerprint density at radius 3 is 2.83 bits per heavy atom. The number of hydrogen-bond acceptors (Lipinski definition) is 5. The second kappa shape index (κ2) is 8.25. The van der Waals surface area contributed by atoms with Gasteiger partial charge in [0, 0.05) is 38.0 Å². The number of piperidine rings is 1. The maximum absolute atomic E-state index is 13.3. The fourth-order valence-corrected chi connectivity index (χ4v) is 7.87. The van der Waals surface area contributed by atoms with Crippen LogP contribution in [0.1, 0.15) is 55.4 Å². The summed E-state index contributed by atoms with van der Waals surface area (Å²) in [6.07, 6.45) is 8.40. The lowest BCUT2D eigenvalue weighted by atomic mass is 9.48. The number of ether oxygens (including phenoxy) is 1. The van der Waals surface area contributed by atoms with Crippen LogP contribution in [-0.2, 0) is 23.1 Å². The third kappa shape index (κ3) is 3.25. The normalized spacial score (nSPS) is 34.5. The summed E-state index contributed by atoms with van der Waals surface area (Å²) >= 11 is 0.